The fourth-order valence-electron chi connectivity index (χ4n) is 4.85. The van der Waals surface area contributed by atoms with Crippen LogP contribution in [0.15, 0.2) is 30.3 Å². The van der Waals surface area contributed by atoms with E-state index >= 15 is 0 Å². The molecule has 4 nitrogen and oxygen atoms in total. The van der Waals surface area contributed by atoms with E-state index in [0.717, 1.165) is 51.5 Å². The largest absolute Gasteiger partial charge is 0.339 e. The molecule has 1 aromatic rings. The van der Waals surface area contributed by atoms with Crippen molar-refractivity contribution in [3.63, 3.8) is 0 Å². The number of hydrogen-bond donors (Lipinski definition) is 1. The summed E-state index contributed by atoms with van der Waals surface area (Å²) in [7, 11) is 0. The van der Waals surface area contributed by atoms with E-state index in [-0.39, 0.29) is 30.9 Å². The van der Waals surface area contributed by atoms with Gasteiger partial charge in [0, 0.05) is 38.8 Å². The molecule has 0 radical (unpaired) electrons. The van der Waals surface area contributed by atoms with Crippen LogP contribution in [-0.2, 0) is 11.2 Å². The molecule has 1 saturated carbocycles. The number of rotatable bonds is 4. The summed E-state index contributed by atoms with van der Waals surface area (Å²) in [5.41, 5.74) is 1.40. The van der Waals surface area contributed by atoms with E-state index in [1.165, 1.54) is 31.2 Å². The molecule has 6 heteroatoms. The van der Waals surface area contributed by atoms with E-state index in [1.54, 1.807) is 0 Å². The third-order valence-electron chi connectivity index (χ3n) is 6.40. The first-order valence-electron chi connectivity index (χ1n) is 10.1. The summed E-state index contributed by atoms with van der Waals surface area (Å²) in [4.78, 5) is 17.5. The Morgan fingerprint density at radius 1 is 1.00 bits per heavy atom. The van der Waals surface area contributed by atoms with Gasteiger partial charge in [-0.3, -0.25) is 9.69 Å². The fraction of sp³-hybridized carbons (Fsp3) is 0.667. The smallest absolute Gasteiger partial charge is 0.239 e. The first-order chi connectivity index (χ1) is 12.3. The molecule has 0 aromatic heterocycles. The molecule has 2 aliphatic heterocycles. The second-order valence-corrected chi connectivity index (χ2v) is 8.01. The monoisotopic (exact) mass is 413 g/mol. The average Bonchev–Trinajstić information content (AvgIpc) is 3.11. The van der Waals surface area contributed by atoms with Crippen LogP contribution < -0.4 is 5.32 Å². The number of amides is 1. The number of hydrogen-bond acceptors (Lipinski definition) is 3. The molecule has 1 aromatic carbocycles. The standard InChI is InChI=1S/C21H31N3O.2ClH/c25-21(20-16-18-8-4-5-9-19(18)22-20)24-14-12-23(13-15-24)11-10-17-6-2-1-3-7-17;;/h1-3,6-7,18-20,22H,4-5,8-16H2;2*1H. The van der Waals surface area contributed by atoms with E-state index in [4.69, 9.17) is 0 Å². The predicted molar refractivity (Wildman–Crippen MR) is 115 cm³/mol. The molecule has 1 amide bonds. The van der Waals surface area contributed by atoms with Crippen LogP contribution in [-0.4, -0.2) is 60.5 Å². The molecule has 0 bridgehead atoms. The zero-order valence-electron chi connectivity index (χ0n) is 16.0. The molecule has 2 heterocycles. The number of fused-ring (bicyclic) bond motifs is 1. The summed E-state index contributed by atoms with van der Waals surface area (Å²) in [5, 5.41) is 3.64. The maximum absolute atomic E-state index is 12.9. The molecule has 152 valence electrons. The van der Waals surface area contributed by atoms with Crippen molar-refractivity contribution in [2.45, 2.75) is 50.6 Å². The van der Waals surface area contributed by atoms with E-state index in [1.807, 2.05) is 0 Å². The molecular weight excluding hydrogens is 381 g/mol. The van der Waals surface area contributed by atoms with Crippen LogP contribution in [0.5, 0.6) is 0 Å². The number of nitrogens with zero attached hydrogens (tertiary/aromatic N) is 2. The highest BCUT2D eigenvalue weighted by atomic mass is 35.5. The molecular formula is C21H33Cl2N3O. The Bertz CT molecular complexity index is 564. The van der Waals surface area contributed by atoms with Gasteiger partial charge in [0.05, 0.1) is 6.04 Å². The van der Waals surface area contributed by atoms with Gasteiger partial charge in [-0.05, 0) is 37.2 Å². The highest BCUT2D eigenvalue weighted by Gasteiger charge is 2.40. The molecule has 3 unspecified atom stereocenters. The van der Waals surface area contributed by atoms with E-state index in [0.29, 0.717) is 11.9 Å². The van der Waals surface area contributed by atoms with Crippen LogP contribution in [0.2, 0.25) is 0 Å². The van der Waals surface area contributed by atoms with Crippen molar-refractivity contribution in [3.8, 4) is 0 Å². The second-order valence-electron chi connectivity index (χ2n) is 8.01. The van der Waals surface area contributed by atoms with Crippen molar-refractivity contribution in [3.05, 3.63) is 35.9 Å². The van der Waals surface area contributed by atoms with Gasteiger partial charge in [0.25, 0.3) is 0 Å². The summed E-state index contributed by atoms with van der Waals surface area (Å²) in [6, 6.07) is 11.4. The summed E-state index contributed by atoms with van der Waals surface area (Å²) in [6.07, 6.45) is 7.43. The minimum absolute atomic E-state index is 0. The zero-order chi connectivity index (χ0) is 17.1. The number of carbonyl (C=O) groups excluding carboxylic acids is 1. The quantitative estimate of drug-likeness (QED) is 0.823. The molecule has 0 spiro atoms. The number of piperazine rings is 1. The summed E-state index contributed by atoms with van der Waals surface area (Å²) < 4.78 is 0. The van der Waals surface area contributed by atoms with Crippen molar-refractivity contribution >= 4 is 30.7 Å². The van der Waals surface area contributed by atoms with Gasteiger partial charge < -0.3 is 10.2 Å². The number of benzene rings is 1. The molecule has 1 aliphatic carbocycles. The van der Waals surface area contributed by atoms with Gasteiger partial charge in [-0.1, -0.05) is 43.2 Å². The van der Waals surface area contributed by atoms with E-state index < -0.39 is 0 Å². The first kappa shape index (κ1) is 22.5. The third-order valence-corrected chi connectivity index (χ3v) is 6.40. The lowest BCUT2D eigenvalue weighted by Crippen LogP contribution is -2.53. The van der Waals surface area contributed by atoms with Crippen LogP contribution in [0.3, 0.4) is 0 Å². The Balaban J connectivity index is 0.00000131. The zero-order valence-corrected chi connectivity index (χ0v) is 17.6. The maximum Gasteiger partial charge on any atom is 0.239 e. The van der Waals surface area contributed by atoms with Crippen molar-refractivity contribution in [2.24, 2.45) is 5.92 Å². The topological polar surface area (TPSA) is 35.6 Å². The molecule has 4 rings (SSSR count). The third kappa shape index (κ3) is 5.60. The maximum atomic E-state index is 12.9. The number of nitrogens with one attached hydrogen (secondary N) is 1. The van der Waals surface area contributed by atoms with Crippen LogP contribution in [0.25, 0.3) is 0 Å². The lowest BCUT2D eigenvalue weighted by atomic mass is 9.85. The summed E-state index contributed by atoms with van der Waals surface area (Å²) in [6.45, 7) is 4.90. The van der Waals surface area contributed by atoms with E-state index in [9.17, 15) is 4.79 Å². The minimum atomic E-state index is 0. The predicted octanol–water partition coefficient (Wildman–Crippen LogP) is 3.14. The highest BCUT2D eigenvalue weighted by molar-refractivity contribution is 5.85. The Morgan fingerprint density at radius 2 is 1.70 bits per heavy atom. The van der Waals surface area contributed by atoms with Gasteiger partial charge in [-0.2, -0.15) is 0 Å². The van der Waals surface area contributed by atoms with Crippen LogP contribution in [0.1, 0.15) is 37.7 Å². The highest BCUT2D eigenvalue weighted by Crippen LogP contribution is 2.33. The summed E-state index contributed by atoms with van der Waals surface area (Å²) in [5.74, 6) is 1.10. The Labute approximate surface area is 175 Å². The Morgan fingerprint density at radius 3 is 2.41 bits per heavy atom. The second kappa shape index (κ2) is 10.7. The van der Waals surface area contributed by atoms with Gasteiger partial charge in [0.1, 0.15) is 0 Å². The van der Waals surface area contributed by atoms with Gasteiger partial charge in [-0.15, -0.1) is 24.8 Å². The van der Waals surface area contributed by atoms with Crippen molar-refractivity contribution in [1.29, 1.82) is 0 Å². The van der Waals surface area contributed by atoms with Gasteiger partial charge in [0.15, 0.2) is 0 Å². The van der Waals surface area contributed by atoms with Crippen molar-refractivity contribution in [2.75, 3.05) is 32.7 Å². The van der Waals surface area contributed by atoms with Crippen LogP contribution >= 0.6 is 24.8 Å². The molecule has 1 N–H and O–H groups in total. The Hall–Kier alpha value is -0.810. The number of halogens is 2. The van der Waals surface area contributed by atoms with Crippen LogP contribution in [0.4, 0.5) is 0 Å². The molecule has 2 saturated heterocycles. The minimum Gasteiger partial charge on any atom is -0.339 e. The van der Waals surface area contributed by atoms with Crippen molar-refractivity contribution in [1.82, 2.24) is 15.1 Å². The lowest BCUT2D eigenvalue weighted by molar-refractivity contribution is -0.134. The van der Waals surface area contributed by atoms with Gasteiger partial charge in [0.2, 0.25) is 5.91 Å². The first-order valence-corrected chi connectivity index (χ1v) is 10.1. The molecule has 3 atom stereocenters. The Kier molecular flexibility index (Phi) is 8.87. The SMILES string of the molecule is Cl.Cl.O=C(C1CC2CCCCC2N1)N1CCN(CCc2ccccc2)CC1. The van der Waals surface area contributed by atoms with Crippen LogP contribution in [0, 0.1) is 5.92 Å². The fourth-order valence-corrected chi connectivity index (χ4v) is 4.85. The van der Waals surface area contributed by atoms with Crippen molar-refractivity contribution < 1.29 is 4.79 Å². The van der Waals surface area contributed by atoms with Gasteiger partial charge >= 0.3 is 0 Å². The summed E-state index contributed by atoms with van der Waals surface area (Å²) >= 11 is 0. The lowest BCUT2D eigenvalue weighted by Gasteiger charge is -2.36. The number of carbonyl (C=O) groups is 1. The molecule has 3 fully saturated rings. The van der Waals surface area contributed by atoms with E-state index in [2.05, 4.69) is 45.4 Å². The molecule has 27 heavy (non-hydrogen) atoms. The van der Waals surface area contributed by atoms with Gasteiger partial charge in [-0.25, -0.2) is 0 Å². The molecule has 3 aliphatic rings. The normalized spacial score (nSPS) is 28.0. The average molecular weight is 414 g/mol.